The van der Waals surface area contributed by atoms with Crippen LogP contribution in [0.3, 0.4) is 0 Å². The summed E-state index contributed by atoms with van der Waals surface area (Å²) in [7, 11) is 0. The summed E-state index contributed by atoms with van der Waals surface area (Å²) < 4.78 is 6.15. The van der Waals surface area contributed by atoms with Crippen molar-refractivity contribution in [3.05, 3.63) is 64.6 Å². The quantitative estimate of drug-likeness (QED) is 0.578. The Morgan fingerprint density at radius 2 is 1.81 bits per heavy atom. The maximum absolute atomic E-state index is 12.1. The molecule has 0 N–H and O–H groups in total. The van der Waals surface area contributed by atoms with E-state index in [-0.39, 0.29) is 23.8 Å². The van der Waals surface area contributed by atoms with Gasteiger partial charge in [0.15, 0.2) is 12.4 Å². The van der Waals surface area contributed by atoms with E-state index >= 15 is 0 Å². The zero-order valence-electron chi connectivity index (χ0n) is 14.1. The maximum Gasteiger partial charge on any atom is 0.326 e. The molecule has 2 aromatic rings. The van der Waals surface area contributed by atoms with Crippen LogP contribution in [-0.4, -0.2) is 35.4 Å². The highest BCUT2D eigenvalue weighted by molar-refractivity contribution is 5.99. The number of rotatable bonds is 6. The molecule has 1 aliphatic heterocycles. The van der Waals surface area contributed by atoms with Crippen LogP contribution in [-0.2, 0) is 20.9 Å². The van der Waals surface area contributed by atoms with Gasteiger partial charge in [-0.2, -0.15) is 0 Å². The van der Waals surface area contributed by atoms with Crippen LogP contribution in [0.2, 0.25) is 0 Å². The first-order chi connectivity index (χ1) is 12.5. The zero-order valence-corrected chi connectivity index (χ0v) is 14.1. The number of anilines is 1. The van der Waals surface area contributed by atoms with Crippen LogP contribution in [0, 0.1) is 0 Å². The molecule has 0 aliphatic carbocycles. The molecule has 1 aromatic heterocycles. The number of aromatic nitrogens is 1. The average Bonchev–Trinajstić information content (AvgIpc) is 3.08. The van der Waals surface area contributed by atoms with Crippen LogP contribution in [0.15, 0.2) is 53.5 Å². The lowest BCUT2D eigenvalue weighted by atomic mass is 10.1. The third kappa shape index (κ3) is 4.05. The van der Waals surface area contributed by atoms with Gasteiger partial charge in [0.2, 0.25) is 5.91 Å². The van der Waals surface area contributed by atoms with Crippen molar-refractivity contribution in [2.75, 3.05) is 18.1 Å². The highest BCUT2D eigenvalue weighted by Gasteiger charge is 2.21. The van der Waals surface area contributed by atoms with Gasteiger partial charge in [0.05, 0.1) is 0 Å². The molecule has 1 amide bonds. The number of esters is 1. The Bertz CT molecular complexity index is 885. The number of benzene rings is 1. The summed E-state index contributed by atoms with van der Waals surface area (Å²) >= 11 is 0. The van der Waals surface area contributed by atoms with Crippen LogP contribution < -0.4 is 10.5 Å². The number of carbonyl (C=O) groups excluding carboxylic acids is 3. The van der Waals surface area contributed by atoms with Crippen LogP contribution in [0.5, 0.6) is 0 Å². The van der Waals surface area contributed by atoms with Crippen LogP contribution in [0.4, 0.5) is 5.69 Å². The fraction of sp³-hybridized carbons (Fsp3) is 0.263. The van der Waals surface area contributed by atoms with Crippen LogP contribution >= 0.6 is 0 Å². The molecule has 1 aromatic carbocycles. The van der Waals surface area contributed by atoms with E-state index in [0.29, 0.717) is 18.5 Å². The molecular weight excluding hydrogens is 336 g/mol. The summed E-state index contributed by atoms with van der Waals surface area (Å²) in [5.41, 5.74) is 0.831. The summed E-state index contributed by atoms with van der Waals surface area (Å²) in [6, 6.07) is 11.2. The fourth-order valence-corrected chi connectivity index (χ4v) is 2.75. The normalized spacial score (nSPS) is 13.7. The van der Waals surface area contributed by atoms with Gasteiger partial charge in [-0.3, -0.25) is 19.2 Å². The summed E-state index contributed by atoms with van der Waals surface area (Å²) in [5.74, 6) is -0.932. The molecule has 26 heavy (non-hydrogen) atoms. The van der Waals surface area contributed by atoms with Crippen molar-refractivity contribution in [3.8, 4) is 0 Å². The SMILES string of the molecule is O=C(Cn1ccccc1=O)OCC(=O)c1ccc(N2CCCC2=O)cc1. The second-order valence-electron chi connectivity index (χ2n) is 5.95. The third-order valence-corrected chi connectivity index (χ3v) is 4.14. The molecule has 0 bridgehead atoms. The Morgan fingerprint density at radius 1 is 1.04 bits per heavy atom. The molecule has 7 heteroatoms. The van der Waals surface area contributed by atoms with Gasteiger partial charge in [0, 0.05) is 36.5 Å². The molecule has 0 spiro atoms. The highest BCUT2D eigenvalue weighted by atomic mass is 16.5. The van der Waals surface area contributed by atoms with Gasteiger partial charge in [-0.05, 0) is 36.8 Å². The number of amides is 1. The van der Waals surface area contributed by atoms with E-state index in [0.717, 1.165) is 12.1 Å². The molecule has 0 atom stereocenters. The average molecular weight is 354 g/mol. The number of hydrogen-bond acceptors (Lipinski definition) is 5. The van der Waals surface area contributed by atoms with Crippen molar-refractivity contribution in [3.63, 3.8) is 0 Å². The Labute approximate surface area is 149 Å². The van der Waals surface area contributed by atoms with E-state index < -0.39 is 12.6 Å². The Balaban J connectivity index is 1.55. The van der Waals surface area contributed by atoms with E-state index in [4.69, 9.17) is 4.74 Å². The first-order valence-corrected chi connectivity index (χ1v) is 8.29. The molecular formula is C19H18N2O5. The monoisotopic (exact) mass is 354 g/mol. The molecule has 7 nitrogen and oxygen atoms in total. The van der Waals surface area contributed by atoms with Crippen molar-refractivity contribution in [2.24, 2.45) is 0 Å². The molecule has 1 saturated heterocycles. The number of ketones is 1. The van der Waals surface area contributed by atoms with Crippen molar-refractivity contribution in [2.45, 2.75) is 19.4 Å². The molecule has 1 fully saturated rings. The van der Waals surface area contributed by atoms with Crippen LogP contribution in [0.1, 0.15) is 23.2 Å². The summed E-state index contributed by atoms with van der Waals surface area (Å²) in [4.78, 5) is 48.9. The number of ether oxygens (including phenoxy) is 1. The Morgan fingerprint density at radius 3 is 2.46 bits per heavy atom. The van der Waals surface area contributed by atoms with E-state index in [1.54, 1.807) is 41.3 Å². The van der Waals surface area contributed by atoms with Gasteiger partial charge in [-0.15, -0.1) is 0 Å². The molecule has 0 unspecified atom stereocenters. The summed E-state index contributed by atoms with van der Waals surface area (Å²) in [6.07, 6.45) is 2.85. The predicted octanol–water partition coefficient (Wildman–Crippen LogP) is 1.40. The second-order valence-corrected chi connectivity index (χ2v) is 5.95. The smallest absolute Gasteiger partial charge is 0.326 e. The first kappa shape index (κ1) is 17.6. The molecule has 1 aliphatic rings. The number of carbonyl (C=O) groups is 3. The Hall–Kier alpha value is -3.22. The first-order valence-electron chi connectivity index (χ1n) is 8.29. The maximum atomic E-state index is 12.1. The van der Waals surface area contributed by atoms with Crippen molar-refractivity contribution in [1.82, 2.24) is 4.57 Å². The van der Waals surface area contributed by atoms with Gasteiger partial charge in [-0.25, -0.2) is 0 Å². The molecule has 2 heterocycles. The second kappa shape index (κ2) is 7.77. The highest BCUT2D eigenvalue weighted by Crippen LogP contribution is 2.21. The largest absolute Gasteiger partial charge is 0.456 e. The topological polar surface area (TPSA) is 85.7 Å². The van der Waals surface area contributed by atoms with Gasteiger partial charge < -0.3 is 14.2 Å². The van der Waals surface area contributed by atoms with Crippen molar-refractivity contribution >= 4 is 23.3 Å². The van der Waals surface area contributed by atoms with E-state index in [1.807, 2.05) is 0 Å². The lowest BCUT2D eigenvalue weighted by molar-refractivity contribution is -0.143. The summed E-state index contributed by atoms with van der Waals surface area (Å²) in [6.45, 7) is 0.0357. The number of Topliss-reactive ketones (excluding diaryl/α,β-unsaturated/α-hetero) is 1. The lowest BCUT2D eigenvalue weighted by Crippen LogP contribution is -2.25. The fourth-order valence-electron chi connectivity index (χ4n) is 2.75. The lowest BCUT2D eigenvalue weighted by Gasteiger charge is -2.15. The van der Waals surface area contributed by atoms with Gasteiger partial charge in [-0.1, -0.05) is 6.07 Å². The van der Waals surface area contributed by atoms with Gasteiger partial charge in [0.25, 0.3) is 5.56 Å². The minimum absolute atomic E-state index is 0.0779. The minimum Gasteiger partial charge on any atom is -0.456 e. The standard InChI is InChI=1S/C19H18N2O5/c22-16(13-26-19(25)12-20-10-2-1-4-17(20)23)14-6-8-15(9-7-14)21-11-3-5-18(21)24/h1-2,4,6-10H,3,5,11-13H2. The van der Waals surface area contributed by atoms with Crippen LogP contribution in [0.25, 0.3) is 0 Å². The molecule has 3 rings (SSSR count). The molecule has 0 radical (unpaired) electrons. The summed E-state index contributed by atoms with van der Waals surface area (Å²) in [5, 5.41) is 0. The number of nitrogens with zero attached hydrogens (tertiary/aromatic N) is 2. The van der Waals surface area contributed by atoms with Crippen molar-refractivity contribution in [1.29, 1.82) is 0 Å². The molecule has 0 saturated carbocycles. The predicted molar refractivity (Wildman–Crippen MR) is 94.0 cm³/mol. The number of pyridine rings is 1. The minimum atomic E-state index is -0.661. The van der Waals surface area contributed by atoms with E-state index in [1.165, 1.54) is 16.8 Å². The zero-order chi connectivity index (χ0) is 18.5. The van der Waals surface area contributed by atoms with E-state index in [9.17, 15) is 19.2 Å². The van der Waals surface area contributed by atoms with E-state index in [2.05, 4.69) is 0 Å². The Kier molecular flexibility index (Phi) is 5.26. The van der Waals surface area contributed by atoms with Gasteiger partial charge >= 0.3 is 5.97 Å². The van der Waals surface area contributed by atoms with Crippen molar-refractivity contribution < 1.29 is 19.1 Å². The molecule has 134 valence electrons. The number of hydrogen-bond donors (Lipinski definition) is 0. The van der Waals surface area contributed by atoms with Gasteiger partial charge in [0.1, 0.15) is 6.54 Å². The third-order valence-electron chi connectivity index (χ3n) is 4.14.